The standard InChI is InChI=1S/C28H22BNO2/c31-29(32)25-13-18-27(19-14-25)30(28-17-12-22-8-4-5-9-24(22)20-28)26-15-10-23(11-16-26)21-6-2-1-3-7-21/h1-20,31-32H. The Morgan fingerprint density at radius 2 is 1.00 bits per heavy atom. The molecule has 154 valence electrons. The SMILES string of the molecule is OB(O)c1ccc(N(c2ccc(-c3ccccc3)cc2)c2ccc3ccccc3c2)cc1. The molecule has 5 aromatic carbocycles. The van der Waals surface area contributed by atoms with Gasteiger partial charge < -0.3 is 14.9 Å². The van der Waals surface area contributed by atoms with Crippen LogP contribution in [0.3, 0.4) is 0 Å². The fourth-order valence-electron chi connectivity index (χ4n) is 3.99. The molecule has 0 amide bonds. The maximum absolute atomic E-state index is 9.49. The monoisotopic (exact) mass is 415 g/mol. The van der Waals surface area contributed by atoms with Gasteiger partial charge in [0.2, 0.25) is 0 Å². The molecule has 2 N–H and O–H groups in total. The highest BCUT2D eigenvalue weighted by molar-refractivity contribution is 6.58. The minimum Gasteiger partial charge on any atom is -0.423 e. The van der Waals surface area contributed by atoms with Gasteiger partial charge in [0, 0.05) is 17.1 Å². The van der Waals surface area contributed by atoms with E-state index in [2.05, 4.69) is 71.6 Å². The minimum atomic E-state index is -1.48. The third-order valence-corrected chi connectivity index (χ3v) is 5.67. The zero-order valence-corrected chi connectivity index (χ0v) is 17.5. The summed E-state index contributed by atoms with van der Waals surface area (Å²) < 4.78 is 0. The van der Waals surface area contributed by atoms with Crippen LogP contribution in [0, 0.1) is 0 Å². The van der Waals surface area contributed by atoms with Gasteiger partial charge in [0.25, 0.3) is 0 Å². The van der Waals surface area contributed by atoms with Gasteiger partial charge in [0.15, 0.2) is 0 Å². The molecule has 4 heteroatoms. The molecule has 0 aliphatic carbocycles. The van der Waals surface area contributed by atoms with Crippen LogP contribution in [0.4, 0.5) is 17.1 Å². The molecule has 0 aliphatic rings. The minimum absolute atomic E-state index is 0.464. The van der Waals surface area contributed by atoms with Crippen molar-refractivity contribution in [3.8, 4) is 11.1 Å². The second kappa shape index (κ2) is 8.71. The number of benzene rings is 5. The van der Waals surface area contributed by atoms with E-state index in [9.17, 15) is 10.0 Å². The first-order valence-corrected chi connectivity index (χ1v) is 10.6. The van der Waals surface area contributed by atoms with E-state index >= 15 is 0 Å². The highest BCUT2D eigenvalue weighted by Crippen LogP contribution is 2.36. The fraction of sp³-hybridized carbons (Fsp3) is 0. The number of rotatable bonds is 5. The highest BCUT2D eigenvalue weighted by atomic mass is 16.4. The number of hydrogen-bond acceptors (Lipinski definition) is 3. The molecule has 3 nitrogen and oxygen atoms in total. The highest BCUT2D eigenvalue weighted by Gasteiger charge is 2.15. The number of hydrogen-bond donors (Lipinski definition) is 2. The molecular formula is C28H22BNO2. The normalized spacial score (nSPS) is 10.8. The Morgan fingerprint density at radius 1 is 0.469 bits per heavy atom. The summed E-state index contributed by atoms with van der Waals surface area (Å²) in [6.45, 7) is 0. The molecule has 0 heterocycles. The maximum Gasteiger partial charge on any atom is 0.488 e. The Hall–Kier alpha value is -3.86. The Bertz CT molecular complexity index is 1330. The first kappa shape index (κ1) is 20.1. The molecule has 5 rings (SSSR count). The summed E-state index contributed by atoms with van der Waals surface area (Å²) in [4.78, 5) is 2.18. The molecule has 5 aromatic rings. The van der Waals surface area contributed by atoms with Gasteiger partial charge in [-0.25, -0.2) is 0 Å². The molecule has 0 unspecified atom stereocenters. The molecule has 0 fully saturated rings. The summed E-state index contributed by atoms with van der Waals surface area (Å²) in [5, 5.41) is 21.3. The lowest BCUT2D eigenvalue weighted by Gasteiger charge is -2.26. The number of nitrogens with zero attached hydrogens (tertiary/aromatic N) is 1. The smallest absolute Gasteiger partial charge is 0.423 e. The van der Waals surface area contributed by atoms with Crippen molar-refractivity contribution in [2.75, 3.05) is 4.90 Å². The lowest BCUT2D eigenvalue weighted by Crippen LogP contribution is -2.29. The summed E-state index contributed by atoms with van der Waals surface area (Å²) in [6, 6.07) is 40.8. The van der Waals surface area contributed by atoms with Crippen LogP contribution in [-0.4, -0.2) is 17.2 Å². The van der Waals surface area contributed by atoms with E-state index in [1.807, 2.05) is 42.5 Å². The van der Waals surface area contributed by atoms with E-state index in [1.165, 1.54) is 16.3 Å². The van der Waals surface area contributed by atoms with E-state index in [1.54, 1.807) is 12.1 Å². The lowest BCUT2D eigenvalue weighted by atomic mass is 9.80. The zero-order valence-electron chi connectivity index (χ0n) is 17.5. The van der Waals surface area contributed by atoms with Crippen molar-refractivity contribution in [3.05, 3.63) is 121 Å². The molecule has 0 aliphatic heterocycles. The van der Waals surface area contributed by atoms with Crippen LogP contribution in [0.1, 0.15) is 0 Å². The summed E-state index contributed by atoms with van der Waals surface area (Å²) in [6.07, 6.45) is 0. The first-order valence-electron chi connectivity index (χ1n) is 10.6. The second-order valence-electron chi connectivity index (χ2n) is 7.74. The molecule has 0 bridgehead atoms. The quantitative estimate of drug-likeness (QED) is 0.364. The van der Waals surface area contributed by atoms with Crippen LogP contribution < -0.4 is 10.4 Å². The van der Waals surface area contributed by atoms with Crippen LogP contribution in [0.25, 0.3) is 21.9 Å². The molecular weight excluding hydrogens is 393 g/mol. The average Bonchev–Trinajstić information content (AvgIpc) is 2.85. The molecule has 0 atom stereocenters. The van der Waals surface area contributed by atoms with Crippen molar-refractivity contribution in [3.63, 3.8) is 0 Å². The van der Waals surface area contributed by atoms with E-state index in [4.69, 9.17) is 0 Å². The number of anilines is 3. The largest absolute Gasteiger partial charge is 0.488 e. The Labute approximate surface area is 188 Å². The topological polar surface area (TPSA) is 43.7 Å². The predicted molar refractivity (Wildman–Crippen MR) is 134 cm³/mol. The summed E-state index contributed by atoms with van der Waals surface area (Å²) in [7, 11) is -1.48. The number of fused-ring (bicyclic) bond motifs is 1. The average molecular weight is 415 g/mol. The molecule has 0 spiro atoms. The molecule has 0 saturated carbocycles. The van der Waals surface area contributed by atoms with Crippen molar-refractivity contribution in [1.82, 2.24) is 0 Å². The summed E-state index contributed by atoms with van der Waals surface area (Å²) in [5.74, 6) is 0. The zero-order chi connectivity index (χ0) is 21.9. The van der Waals surface area contributed by atoms with Crippen molar-refractivity contribution in [1.29, 1.82) is 0 Å². The van der Waals surface area contributed by atoms with Gasteiger partial charge in [-0.1, -0.05) is 84.9 Å². The Kier molecular flexibility index (Phi) is 5.47. The van der Waals surface area contributed by atoms with Crippen molar-refractivity contribution in [2.24, 2.45) is 0 Å². The van der Waals surface area contributed by atoms with Crippen LogP contribution in [-0.2, 0) is 0 Å². The maximum atomic E-state index is 9.49. The van der Waals surface area contributed by atoms with E-state index < -0.39 is 7.12 Å². The molecule has 0 radical (unpaired) electrons. The van der Waals surface area contributed by atoms with Gasteiger partial charge in [-0.05, 0) is 63.8 Å². The molecule has 0 saturated heterocycles. The van der Waals surface area contributed by atoms with Crippen molar-refractivity contribution >= 4 is 40.4 Å². The van der Waals surface area contributed by atoms with Crippen molar-refractivity contribution in [2.45, 2.75) is 0 Å². The van der Waals surface area contributed by atoms with Gasteiger partial charge in [-0.3, -0.25) is 0 Å². The van der Waals surface area contributed by atoms with Crippen LogP contribution >= 0.6 is 0 Å². The van der Waals surface area contributed by atoms with Crippen molar-refractivity contribution < 1.29 is 10.0 Å². The second-order valence-corrected chi connectivity index (χ2v) is 7.74. The van der Waals surface area contributed by atoms with Crippen LogP contribution in [0.5, 0.6) is 0 Å². The molecule has 0 aromatic heterocycles. The van der Waals surface area contributed by atoms with Gasteiger partial charge in [-0.15, -0.1) is 0 Å². The summed E-state index contributed by atoms with van der Waals surface area (Å²) >= 11 is 0. The first-order chi connectivity index (χ1) is 15.7. The van der Waals surface area contributed by atoms with Gasteiger partial charge >= 0.3 is 7.12 Å². The van der Waals surface area contributed by atoms with Gasteiger partial charge in [0.1, 0.15) is 0 Å². The summed E-state index contributed by atoms with van der Waals surface area (Å²) in [5.41, 5.74) is 5.80. The van der Waals surface area contributed by atoms with E-state index in [-0.39, 0.29) is 0 Å². The van der Waals surface area contributed by atoms with Gasteiger partial charge in [0.05, 0.1) is 0 Å². The Morgan fingerprint density at radius 3 is 1.66 bits per heavy atom. The van der Waals surface area contributed by atoms with Crippen LogP contribution in [0.15, 0.2) is 121 Å². The fourth-order valence-corrected chi connectivity index (χ4v) is 3.99. The third-order valence-electron chi connectivity index (χ3n) is 5.67. The van der Waals surface area contributed by atoms with E-state index in [0.29, 0.717) is 5.46 Å². The van der Waals surface area contributed by atoms with E-state index in [0.717, 1.165) is 22.6 Å². The van der Waals surface area contributed by atoms with Crippen LogP contribution in [0.2, 0.25) is 0 Å². The third kappa shape index (κ3) is 4.02. The van der Waals surface area contributed by atoms with Gasteiger partial charge in [-0.2, -0.15) is 0 Å². The predicted octanol–water partition coefficient (Wildman–Crippen LogP) is 5.66. The molecule has 32 heavy (non-hydrogen) atoms. The Balaban J connectivity index is 1.60. The lowest BCUT2D eigenvalue weighted by molar-refractivity contribution is 0.426.